The molecule has 0 unspecified atom stereocenters. The van der Waals surface area contributed by atoms with Crippen LogP contribution in [0.25, 0.3) is 0 Å². The van der Waals surface area contributed by atoms with Crippen LogP contribution in [0.2, 0.25) is 0 Å². The number of halogens is 1. The normalized spacial score (nSPS) is 10.3. The van der Waals surface area contributed by atoms with Crippen LogP contribution in [0.1, 0.15) is 11.1 Å². The van der Waals surface area contributed by atoms with Gasteiger partial charge in [-0.3, -0.25) is 0 Å². The van der Waals surface area contributed by atoms with Crippen molar-refractivity contribution >= 4 is 21.6 Å². The Morgan fingerprint density at radius 1 is 0.944 bits per heavy atom. The van der Waals surface area contributed by atoms with Crippen LogP contribution in [0.15, 0.2) is 53.0 Å². The summed E-state index contributed by atoms with van der Waals surface area (Å²) in [5.41, 5.74) is 3.74. The van der Waals surface area contributed by atoms with Gasteiger partial charge in [0.05, 0.1) is 0 Å². The first-order chi connectivity index (χ1) is 8.78. The summed E-state index contributed by atoms with van der Waals surface area (Å²) in [5, 5.41) is 6.59. The maximum atomic E-state index is 3.45. The Morgan fingerprint density at radius 2 is 1.67 bits per heavy atom. The van der Waals surface area contributed by atoms with Crippen molar-refractivity contribution in [3.8, 4) is 0 Å². The SMILES string of the molecule is CNc1cccc(CNCc2ccc(Br)cc2)c1. The summed E-state index contributed by atoms with van der Waals surface area (Å²) in [7, 11) is 1.94. The molecule has 18 heavy (non-hydrogen) atoms. The van der Waals surface area contributed by atoms with Crippen LogP contribution in [0, 0.1) is 0 Å². The quantitative estimate of drug-likeness (QED) is 0.878. The summed E-state index contributed by atoms with van der Waals surface area (Å²) in [6.45, 7) is 1.77. The zero-order valence-electron chi connectivity index (χ0n) is 10.4. The van der Waals surface area contributed by atoms with Crippen molar-refractivity contribution in [1.29, 1.82) is 0 Å². The Labute approximate surface area is 117 Å². The summed E-state index contributed by atoms with van der Waals surface area (Å²) < 4.78 is 1.12. The molecular formula is C15H17BrN2. The van der Waals surface area contributed by atoms with Crippen molar-refractivity contribution in [3.63, 3.8) is 0 Å². The summed E-state index contributed by atoms with van der Waals surface area (Å²) in [5.74, 6) is 0. The maximum Gasteiger partial charge on any atom is 0.0340 e. The molecule has 0 aliphatic heterocycles. The van der Waals surface area contributed by atoms with Crippen LogP contribution >= 0.6 is 15.9 Å². The van der Waals surface area contributed by atoms with E-state index in [0.717, 1.165) is 23.2 Å². The summed E-state index contributed by atoms with van der Waals surface area (Å²) in [4.78, 5) is 0. The number of nitrogens with one attached hydrogen (secondary N) is 2. The fourth-order valence-electron chi connectivity index (χ4n) is 1.79. The average molecular weight is 305 g/mol. The monoisotopic (exact) mass is 304 g/mol. The first-order valence-electron chi connectivity index (χ1n) is 6.00. The van der Waals surface area contributed by atoms with Gasteiger partial charge in [-0.2, -0.15) is 0 Å². The molecule has 0 bridgehead atoms. The highest BCUT2D eigenvalue weighted by Crippen LogP contribution is 2.11. The highest BCUT2D eigenvalue weighted by Gasteiger charge is 1.96. The highest BCUT2D eigenvalue weighted by atomic mass is 79.9. The van der Waals surface area contributed by atoms with Crippen LogP contribution in [0.5, 0.6) is 0 Å². The predicted molar refractivity (Wildman–Crippen MR) is 80.7 cm³/mol. The number of anilines is 1. The van der Waals surface area contributed by atoms with E-state index in [0.29, 0.717) is 0 Å². The minimum atomic E-state index is 0.881. The van der Waals surface area contributed by atoms with E-state index in [9.17, 15) is 0 Å². The summed E-state index contributed by atoms with van der Waals surface area (Å²) >= 11 is 3.44. The molecule has 0 atom stereocenters. The van der Waals surface area contributed by atoms with E-state index < -0.39 is 0 Å². The van der Waals surface area contributed by atoms with E-state index in [4.69, 9.17) is 0 Å². The van der Waals surface area contributed by atoms with Crippen LogP contribution in [0.4, 0.5) is 5.69 Å². The van der Waals surface area contributed by atoms with Gasteiger partial charge < -0.3 is 10.6 Å². The Bertz CT molecular complexity index is 494. The maximum absolute atomic E-state index is 3.45. The molecule has 0 aliphatic rings. The fraction of sp³-hybridized carbons (Fsp3) is 0.200. The second-order valence-corrected chi connectivity index (χ2v) is 5.10. The van der Waals surface area contributed by atoms with Gasteiger partial charge in [0, 0.05) is 30.3 Å². The van der Waals surface area contributed by atoms with Crippen molar-refractivity contribution in [2.24, 2.45) is 0 Å². The minimum absolute atomic E-state index is 0.881. The molecule has 2 N–H and O–H groups in total. The van der Waals surface area contributed by atoms with Crippen LogP contribution in [-0.4, -0.2) is 7.05 Å². The van der Waals surface area contributed by atoms with Gasteiger partial charge in [-0.1, -0.05) is 40.2 Å². The van der Waals surface area contributed by atoms with Crippen molar-refractivity contribution in [2.75, 3.05) is 12.4 Å². The van der Waals surface area contributed by atoms with E-state index >= 15 is 0 Å². The molecule has 0 aliphatic carbocycles. The van der Waals surface area contributed by atoms with E-state index in [-0.39, 0.29) is 0 Å². The minimum Gasteiger partial charge on any atom is -0.388 e. The first kappa shape index (κ1) is 13.1. The molecule has 0 fully saturated rings. The predicted octanol–water partition coefficient (Wildman–Crippen LogP) is 3.78. The van der Waals surface area contributed by atoms with Crippen LogP contribution in [-0.2, 0) is 13.1 Å². The molecule has 2 aromatic rings. The van der Waals surface area contributed by atoms with E-state index in [2.05, 4.69) is 75.1 Å². The van der Waals surface area contributed by atoms with Gasteiger partial charge in [-0.15, -0.1) is 0 Å². The highest BCUT2D eigenvalue weighted by molar-refractivity contribution is 9.10. The zero-order chi connectivity index (χ0) is 12.8. The Hall–Kier alpha value is -1.32. The molecular weight excluding hydrogens is 288 g/mol. The Morgan fingerprint density at radius 3 is 2.39 bits per heavy atom. The van der Waals surface area contributed by atoms with Gasteiger partial charge in [-0.05, 0) is 35.4 Å². The molecule has 0 aromatic heterocycles. The molecule has 2 aromatic carbocycles. The lowest BCUT2D eigenvalue weighted by molar-refractivity contribution is 0.693. The smallest absolute Gasteiger partial charge is 0.0340 e. The molecule has 0 heterocycles. The number of benzene rings is 2. The van der Waals surface area contributed by atoms with Gasteiger partial charge in [0.1, 0.15) is 0 Å². The van der Waals surface area contributed by atoms with Crippen molar-refractivity contribution in [1.82, 2.24) is 5.32 Å². The fourth-order valence-corrected chi connectivity index (χ4v) is 2.05. The van der Waals surface area contributed by atoms with Gasteiger partial charge in [0.15, 0.2) is 0 Å². The molecule has 0 spiro atoms. The van der Waals surface area contributed by atoms with E-state index in [1.807, 2.05) is 7.05 Å². The molecule has 0 saturated heterocycles. The molecule has 2 rings (SSSR count). The van der Waals surface area contributed by atoms with E-state index in [1.54, 1.807) is 0 Å². The second-order valence-electron chi connectivity index (χ2n) is 4.18. The third kappa shape index (κ3) is 3.86. The first-order valence-corrected chi connectivity index (χ1v) is 6.79. The molecule has 94 valence electrons. The third-order valence-electron chi connectivity index (χ3n) is 2.79. The molecule has 2 nitrogen and oxygen atoms in total. The zero-order valence-corrected chi connectivity index (χ0v) is 12.0. The van der Waals surface area contributed by atoms with Crippen LogP contribution < -0.4 is 10.6 Å². The summed E-state index contributed by atoms with van der Waals surface area (Å²) in [6.07, 6.45) is 0. The molecule has 3 heteroatoms. The molecule has 0 radical (unpaired) electrons. The van der Waals surface area contributed by atoms with Crippen LogP contribution in [0.3, 0.4) is 0 Å². The Kier molecular flexibility index (Phi) is 4.79. The Balaban J connectivity index is 1.86. The number of hydrogen-bond acceptors (Lipinski definition) is 2. The lowest BCUT2D eigenvalue weighted by Gasteiger charge is -2.07. The standard InChI is InChI=1S/C15H17BrN2/c1-17-15-4-2-3-13(9-15)11-18-10-12-5-7-14(16)8-6-12/h2-9,17-18H,10-11H2,1H3. The molecule has 0 saturated carbocycles. The van der Waals surface area contributed by atoms with Crippen molar-refractivity contribution in [3.05, 3.63) is 64.1 Å². The lowest BCUT2D eigenvalue weighted by Crippen LogP contribution is -2.12. The topological polar surface area (TPSA) is 24.1 Å². The average Bonchev–Trinajstić information content (AvgIpc) is 2.41. The number of hydrogen-bond donors (Lipinski definition) is 2. The second kappa shape index (κ2) is 6.57. The van der Waals surface area contributed by atoms with Gasteiger partial charge >= 0.3 is 0 Å². The summed E-state index contributed by atoms with van der Waals surface area (Å²) in [6, 6.07) is 16.8. The lowest BCUT2D eigenvalue weighted by atomic mass is 10.2. The molecule has 0 amide bonds. The van der Waals surface area contributed by atoms with E-state index in [1.165, 1.54) is 11.1 Å². The van der Waals surface area contributed by atoms with Gasteiger partial charge in [0.25, 0.3) is 0 Å². The number of rotatable bonds is 5. The van der Waals surface area contributed by atoms with Crippen molar-refractivity contribution < 1.29 is 0 Å². The largest absolute Gasteiger partial charge is 0.388 e. The third-order valence-corrected chi connectivity index (χ3v) is 3.32. The van der Waals surface area contributed by atoms with Gasteiger partial charge in [-0.25, -0.2) is 0 Å². The van der Waals surface area contributed by atoms with Gasteiger partial charge in [0.2, 0.25) is 0 Å². The van der Waals surface area contributed by atoms with Crippen molar-refractivity contribution in [2.45, 2.75) is 13.1 Å².